The summed E-state index contributed by atoms with van der Waals surface area (Å²) in [5, 5.41) is 13.3. The smallest absolute Gasteiger partial charge is 0.253 e. The highest BCUT2D eigenvalue weighted by molar-refractivity contribution is 5.95. The minimum atomic E-state index is -0.00810. The van der Waals surface area contributed by atoms with E-state index in [9.17, 15) is 9.90 Å². The van der Waals surface area contributed by atoms with E-state index in [2.05, 4.69) is 25.2 Å². The number of carbonyl (C=O) groups excluding carboxylic acids is 1. The number of fused-ring (bicyclic) bond motifs is 1. The fourth-order valence-corrected chi connectivity index (χ4v) is 5.90. The summed E-state index contributed by atoms with van der Waals surface area (Å²) < 4.78 is 6.03. The number of nitrogens with two attached hydrogens (primary N) is 1. The summed E-state index contributed by atoms with van der Waals surface area (Å²) in [5.41, 5.74) is 9.35. The monoisotopic (exact) mass is 567 g/mol. The van der Waals surface area contributed by atoms with Crippen molar-refractivity contribution in [2.75, 3.05) is 50.4 Å². The molecule has 10 heteroatoms. The standard InChI is InChI=1S/C32H37N7O3/c33-30-28(42-21-29-36-27-6-2-1-5-26(27)31(37-29)34-13-18-40)19-24(20-35-30)22-7-9-23(10-8-22)32(41)39-16-11-25(12-17-39)38-14-3-4-15-38/h1-2,5-10,19-20,25,40H,3-4,11-18,21H2,(H2,33,35)(H,34,36,37). The van der Waals surface area contributed by atoms with E-state index in [1.165, 1.54) is 25.9 Å². The van der Waals surface area contributed by atoms with Gasteiger partial charge in [0.15, 0.2) is 17.4 Å². The van der Waals surface area contributed by atoms with Crippen LogP contribution in [-0.4, -0.2) is 81.1 Å². The van der Waals surface area contributed by atoms with Crippen LogP contribution >= 0.6 is 0 Å². The fourth-order valence-electron chi connectivity index (χ4n) is 5.90. The Morgan fingerprint density at radius 2 is 1.76 bits per heavy atom. The van der Waals surface area contributed by atoms with Crippen molar-refractivity contribution in [2.45, 2.75) is 38.3 Å². The largest absolute Gasteiger partial charge is 0.482 e. The number of aliphatic hydroxyl groups is 1. The van der Waals surface area contributed by atoms with E-state index in [0.29, 0.717) is 35.5 Å². The Kier molecular flexibility index (Phi) is 8.43. The van der Waals surface area contributed by atoms with E-state index in [4.69, 9.17) is 10.5 Å². The minimum absolute atomic E-state index is 0.00810. The summed E-state index contributed by atoms with van der Waals surface area (Å²) in [6, 6.07) is 17.8. The van der Waals surface area contributed by atoms with Gasteiger partial charge in [-0.15, -0.1) is 0 Å². The van der Waals surface area contributed by atoms with Crippen molar-refractivity contribution in [1.29, 1.82) is 0 Å². The highest BCUT2D eigenvalue weighted by atomic mass is 16.5. The number of ether oxygens (including phenoxy) is 1. The maximum Gasteiger partial charge on any atom is 0.253 e. The van der Waals surface area contributed by atoms with Crippen LogP contribution in [0.25, 0.3) is 22.0 Å². The van der Waals surface area contributed by atoms with Crippen molar-refractivity contribution in [2.24, 2.45) is 0 Å². The van der Waals surface area contributed by atoms with Crippen LogP contribution in [-0.2, 0) is 6.61 Å². The number of nitrogens with one attached hydrogen (secondary N) is 1. The number of likely N-dealkylation sites (tertiary alicyclic amines) is 2. The van der Waals surface area contributed by atoms with Crippen molar-refractivity contribution in [3.05, 3.63) is 72.2 Å². The molecule has 0 radical (unpaired) electrons. The van der Waals surface area contributed by atoms with Gasteiger partial charge in [-0.3, -0.25) is 4.79 Å². The zero-order chi connectivity index (χ0) is 28.9. The average molecular weight is 568 g/mol. The molecule has 4 N–H and O–H groups in total. The Balaban J connectivity index is 1.11. The van der Waals surface area contributed by atoms with E-state index in [1.807, 2.05) is 59.5 Å². The third kappa shape index (κ3) is 6.14. The predicted molar refractivity (Wildman–Crippen MR) is 163 cm³/mol. The molecule has 10 nitrogen and oxygen atoms in total. The van der Waals surface area contributed by atoms with Crippen LogP contribution in [0.5, 0.6) is 5.75 Å². The van der Waals surface area contributed by atoms with Gasteiger partial charge in [0, 0.05) is 48.4 Å². The zero-order valence-electron chi connectivity index (χ0n) is 23.7. The van der Waals surface area contributed by atoms with Gasteiger partial charge in [-0.1, -0.05) is 24.3 Å². The number of benzene rings is 2. The summed E-state index contributed by atoms with van der Waals surface area (Å²) in [6.45, 7) is 4.49. The van der Waals surface area contributed by atoms with E-state index < -0.39 is 0 Å². The number of para-hydroxylation sites is 1. The molecule has 2 aromatic heterocycles. The van der Waals surface area contributed by atoms with Crippen LogP contribution in [0.1, 0.15) is 41.9 Å². The van der Waals surface area contributed by atoms with Gasteiger partial charge in [0.25, 0.3) is 5.91 Å². The molecule has 4 heterocycles. The predicted octanol–water partition coefficient (Wildman–Crippen LogP) is 3.96. The molecule has 2 aliphatic rings. The molecular formula is C32H37N7O3. The molecular weight excluding hydrogens is 530 g/mol. The van der Waals surface area contributed by atoms with Crippen molar-refractivity contribution in [3.63, 3.8) is 0 Å². The lowest BCUT2D eigenvalue weighted by Crippen LogP contribution is -2.45. The Hall–Kier alpha value is -4.28. The van der Waals surface area contributed by atoms with E-state index in [-0.39, 0.29) is 24.9 Å². The molecule has 0 saturated carbocycles. The molecule has 4 aromatic rings. The number of piperidine rings is 1. The van der Waals surface area contributed by atoms with Crippen LogP contribution in [0.2, 0.25) is 0 Å². The van der Waals surface area contributed by atoms with Crippen molar-refractivity contribution in [3.8, 4) is 16.9 Å². The van der Waals surface area contributed by atoms with Crippen LogP contribution in [0.4, 0.5) is 11.6 Å². The number of carbonyl (C=O) groups is 1. The SMILES string of the molecule is Nc1ncc(-c2ccc(C(=O)N3CCC(N4CCCC4)CC3)cc2)cc1OCc1nc(NCCO)c2ccccc2n1. The topological polar surface area (TPSA) is 130 Å². The average Bonchev–Trinajstić information content (AvgIpc) is 3.58. The van der Waals surface area contributed by atoms with Gasteiger partial charge in [-0.05, 0) is 74.7 Å². The van der Waals surface area contributed by atoms with Crippen molar-refractivity contribution < 1.29 is 14.6 Å². The van der Waals surface area contributed by atoms with Gasteiger partial charge < -0.3 is 30.7 Å². The number of nitrogen functional groups attached to an aromatic ring is 1. The molecule has 218 valence electrons. The van der Waals surface area contributed by atoms with Crippen LogP contribution in [0, 0.1) is 0 Å². The number of pyridine rings is 1. The Morgan fingerprint density at radius 3 is 2.52 bits per heavy atom. The molecule has 0 aliphatic carbocycles. The maximum absolute atomic E-state index is 13.2. The van der Waals surface area contributed by atoms with E-state index in [0.717, 1.165) is 48.0 Å². The zero-order valence-corrected chi connectivity index (χ0v) is 23.7. The van der Waals surface area contributed by atoms with Crippen LogP contribution in [0.15, 0.2) is 60.8 Å². The molecule has 0 atom stereocenters. The summed E-state index contributed by atoms with van der Waals surface area (Å²) in [5.74, 6) is 1.89. The molecule has 1 amide bonds. The van der Waals surface area contributed by atoms with Crippen LogP contribution < -0.4 is 15.8 Å². The lowest BCUT2D eigenvalue weighted by Gasteiger charge is -2.36. The first kappa shape index (κ1) is 27.9. The Labute approximate surface area is 245 Å². The summed E-state index contributed by atoms with van der Waals surface area (Å²) in [4.78, 5) is 31.3. The second kappa shape index (κ2) is 12.7. The number of hydrogen-bond acceptors (Lipinski definition) is 9. The first-order valence-electron chi connectivity index (χ1n) is 14.7. The lowest BCUT2D eigenvalue weighted by atomic mass is 10.0. The molecule has 42 heavy (non-hydrogen) atoms. The van der Waals surface area contributed by atoms with Gasteiger partial charge in [0.1, 0.15) is 12.4 Å². The van der Waals surface area contributed by atoms with E-state index >= 15 is 0 Å². The minimum Gasteiger partial charge on any atom is -0.482 e. The van der Waals surface area contributed by atoms with Crippen LogP contribution in [0.3, 0.4) is 0 Å². The highest BCUT2D eigenvalue weighted by Crippen LogP contribution is 2.29. The van der Waals surface area contributed by atoms with Gasteiger partial charge in [-0.2, -0.15) is 0 Å². The summed E-state index contributed by atoms with van der Waals surface area (Å²) in [6.07, 6.45) is 6.40. The number of aliphatic hydroxyl groups excluding tert-OH is 1. The van der Waals surface area contributed by atoms with Crippen molar-refractivity contribution in [1.82, 2.24) is 24.8 Å². The Bertz CT molecular complexity index is 1530. The first-order valence-corrected chi connectivity index (χ1v) is 14.7. The normalized spacial score (nSPS) is 16.2. The second-order valence-electron chi connectivity index (χ2n) is 10.9. The summed E-state index contributed by atoms with van der Waals surface area (Å²) >= 11 is 0. The second-order valence-corrected chi connectivity index (χ2v) is 10.9. The highest BCUT2D eigenvalue weighted by Gasteiger charge is 2.28. The number of hydrogen-bond donors (Lipinski definition) is 3. The molecule has 0 unspecified atom stereocenters. The molecule has 0 spiro atoms. The number of rotatable bonds is 9. The molecule has 6 rings (SSSR count). The molecule has 2 aromatic carbocycles. The third-order valence-corrected chi connectivity index (χ3v) is 8.17. The van der Waals surface area contributed by atoms with Gasteiger partial charge >= 0.3 is 0 Å². The first-order chi connectivity index (χ1) is 20.6. The number of aromatic nitrogens is 3. The fraction of sp³-hybridized carbons (Fsp3) is 0.375. The third-order valence-electron chi connectivity index (χ3n) is 8.17. The summed E-state index contributed by atoms with van der Waals surface area (Å²) in [7, 11) is 0. The number of anilines is 2. The van der Waals surface area contributed by atoms with E-state index in [1.54, 1.807) is 6.20 Å². The quantitative estimate of drug-likeness (QED) is 0.275. The van der Waals surface area contributed by atoms with Gasteiger partial charge in [-0.25, -0.2) is 15.0 Å². The van der Waals surface area contributed by atoms with Crippen molar-refractivity contribution >= 4 is 28.4 Å². The molecule has 2 aliphatic heterocycles. The molecule has 2 saturated heterocycles. The Morgan fingerprint density at radius 1 is 1.00 bits per heavy atom. The lowest BCUT2D eigenvalue weighted by molar-refractivity contribution is 0.0644. The van der Waals surface area contributed by atoms with Gasteiger partial charge in [0.2, 0.25) is 0 Å². The number of amides is 1. The molecule has 2 fully saturated rings. The number of nitrogens with zero attached hydrogens (tertiary/aromatic N) is 5. The maximum atomic E-state index is 13.2. The van der Waals surface area contributed by atoms with Gasteiger partial charge in [0.05, 0.1) is 12.1 Å². The molecule has 0 bridgehead atoms.